The Morgan fingerprint density at radius 3 is 1.65 bits per heavy atom. The van der Waals surface area contributed by atoms with E-state index in [2.05, 4.69) is 267 Å². The molecule has 6 heteroatoms. The second kappa shape index (κ2) is 16.7. The van der Waals surface area contributed by atoms with Crippen molar-refractivity contribution in [1.29, 1.82) is 0 Å². The molecule has 4 nitrogen and oxygen atoms in total. The Labute approximate surface area is 482 Å². The van der Waals surface area contributed by atoms with Crippen LogP contribution in [0.15, 0.2) is 221 Å². The number of aromatic nitrogens is 2. The van der Waals surface area contributed by atoms with Gasteiger partial charge in [0.1, 0.15) is 32.9 Å². The van der Waals surface area contributed by atoms with Gasteiger partial charge in [-0.1, -0.05) is 173 Å². The zero-order chi connectivity index (χ0) is 55.2. The van der Waals surface area contributed by atoms with Crippen molar-refractivity contribution in [2.75, 3.05) is 0 Å². The molecule has 4 aromatic heterocycles. The highest BCUT2D eigenvalue weighted by Gasteiger charge is 2.39. The van der Waals surface area contributed by atoms with Gasteiger partial charge in [-0.25, -0.2) is 0 Å². The van der Waals surface area contributed by atoms with E-state index >= 15 is 0 Å². The number of benzene rings is 10. The van der Waals surface area contributed by atoms with E-state index < -0.39 is 16.1 Å². The SMILES string of the molecule is CC1CC(c2cccc3c2oc2c#cccc23)=Cc2c1n(-c1ccc3c(c1)[Si](C)(C)c1ccccc1-3)c1ccc(-c3ccc4c(c3)c3cc(-c5cccc6c5oc5ccccc56)ccc3n4-c3ccc4c(c3)[Si](C)(C)c3ccccc3-4)cc21. The van der Waals surface area contributed by atoms with Gasteiger partial charge in [0.25, 0.3) is 0 Å². The summed E-state index contributed by atoms with van der Waals surface area (Å²) in [5.74, 6) is 0.208. The van der Waals surface area contributed by atoms with Gasteiger partial charge in [-0.2, -0.15) is 0 Å². The quantitative estimate of drug-likeness (QED) is 0.161. The summed E-state index contributed by atoms with van der Waals surface area (Å²) in [7, 11) is -3.94. The first kappa shape index (κ1) is 47.0. The van der Waals surface area contributed by atoms with Crippen molar-refractivity contribution in [3.63, 3.8) is 0 Å². The minimum absolute atomic E-state index is 0.208. The van der Waals surface area contributed by atoms with Crippen LogP contribution in [0.25, 0.3) is 144 Å². The van der Waals surface area contributed by atoms with E-state index in [4.69, 9.17) is 8.83 Å². The fraction of sp³-hybridized carbons (Fsp3) is 0.0909. The predicted molar refractivity (Wildman–Crippen MR) is 352 cm³/mol. The zero-order valence-electron chi connectivity index (χ0n) is 46.8. The summed E-state index contributed by atoms with van der Waals surface area (Å²) in [5.41, 5.74) is 24.7. The molecular formula is C77H54N2O2Si2. The standard InChI is InChI=1S/C77H54N2O2Si2/c1-45-38-49(53-21-15-23-61-55-17-7-11-25-70(55)81-77(53)61)42-65-64-40-47(29-36-68(64)79(75(45)65)51-32-34-59-57-19-9-13-27-72(57)83(4,5)74(59)44-51)46-28-35-66-62(39-46)63-41-48(52-20-14-22-60-54-16-6-10-24-69(54)80-76(52)60)30-37-67(63)78(66)50-31-33-58-56-18-8-12-26-71(56)82(2,3)73(58)43-50/h6-10,12-24,26-37,39-45H,38H2,1-5H3. The molecule has 18 rings (SSSR count). The number of rotatable bonds is 5. The Kier molecular flexibility index (Phi) is 9.49. The molecule has 11 aromatic carbocycles. The number of hydrogen-bond acceptors (Lipinski definition) is 2. The van der Waals surface area contributed by atoms with Gasteiger partial charge < -0.3 is 18.0 Å². The van der Waals surface area contributed by atoms with Gasteiger partial charge >= 0.3 is 0 Å². The highest BCUT2D eigenvalue weighted by molar-refractivity contribution is 7.04. The topological polar surface area (TPSA) is 36.1 Å². The van der Waals surface area contributed by atoms with Gasteiger partial charge in [0.2, 0.25) is 0 Å². The van der Waals surface area contributed by atoms with Crippen LogP contribution in [0.5, 0.6) is 0 Å². The third kappa shape index (κ3) is 6.47. The average molecular weight is 1100 g/mol. The third-order valence-corrected chi connectivity index (χ3v) is 26.5. The molecule has 0 saturated carbocycles. The molecule has 83 heavy (non-hydrogen) atoms. The predicted octanol–water partition coefficient (Wildman–Crippen LogP) is 18.1. The second-order valence-electron chi connectivity index (χ2n) is 24.7. The lowest BCUT2D eigenvalue weighted by Gasteiger charge is -2.25. The number of allylic oxidation sites excluding steroid dienone is 1. The maximum Gasteiger partial charge on any atom is 0.185 e. The number of para-hydroxylation sites is 3. The van der Waals surface area contributed by atoms with Crippen LogP contribution in [0.3, 0.4) is 0 Å². The highest BCUT2D eigenvalue weighted by atomic mass is 28.3. The molecule has 392 valence electrons. The van der Waals surface area contributed by atoms with E-state index in [9.17, 15) is 0 Å². The number of furan rings is 2. The molecule has 0 saturated heterocycles. The fourth-order valence-corrected chi connectivity index (χ4v) is 21.6. The first-order valence-corrected chi connectivity index (χ1v) is 35.2. The Balaban J connectivity index is 0.853. The number of hydrogen-bond donors (Lipinski definition) is 0. The van der Waals surface area contributed by atoms with Crippen LogP contribution >= 0.6 is 0 Å². The molecule has 0 radical (unpaired) electrons. The van der Waals surface area contributed by atoms with Crippen molar-refractivity contribution in [1.82, 2.24) is 9.13 Å². The molecule has 15 aromatic rings. The Morgan fingerprint density at radius 1 is 0.422 bits per heavy atom. The van der Waals surface area contributed by atoms with Gasteiger partial charge in [0, 0.05) is 77.4 Å². The van der Waals surface area contributed by atoms with Gasteiger partial charge in [-0.05, 0) is 163 Å². The Morgan fingerprint density at radius 2 is 0.952 bits per heavy atom. The largest absolute Gasteiger partial charge is 0.455 e. The van der Waals surface area contributed by atoms with Gasteiger partial charge in [0.15, 0.2) is 5.58 Å². The van der Waals surface area contributed by atoms with Crippen LogP contribution in [0, 0.1) is 12.1 Å². The maximum absolute atomic E-state index is 6.68. The molecule has 3 aliphatic rings. The van der Waals surface area contributed by atoms with E-state index in [-0.39, 0.29) is 5.92 Å². The monoisotopic (exact) mass is 1090 g/mol. The lowest BCUT2D eigenvalue weighted by Crippen LogP contribution is -2.49. The third-order valence-electron chi connectivity index (χ3n) is 19.4. The Bertz CT molecular complexity index is 5400. The lowest BCUT2D eigenvalue weighted by molar-refractivity contribution is 0.666. The van der Waals surface area contributed by atoms with Crippen LogP contribution in [0.2, 0.25) is 26.2 Å². The summed E-state index contributed by atoms with van der Waals surface area (Å²) < 4.78 is 18.5. The van der Waals surface area contributed by atoms with E-state index in [0.29, 0.717) is 0 Å². The minimum Gasteiger partial charge on any atom is -0.455 e. The van der Waals surface area contributed by atoms with Gasteiger partial charge in [-0.3, -0.25) is 0 Å². The number of nitrogens with zero attached hydrogens (tertiary/aromatic N) is 2. The van der Waals surface area contributed by atoms with Crippen molar-refractivity contribution < 1.29 is 8.83 Å². The molecule has 1 aliphatic carbocycles. The number of fused-ring (bicyclic) bond motifs is 18. The molecule has 1 atom stereocenters. The van der Waals surface area contributed by atoms with Crippen LogP contribution < -0.4 is 20.7 Å². The van der Waals surface area contributed by atoms with Gasteiger partial charge in [-0.15, -0.1) is 0 Å². The molecule has 0 N–H and O–H groups in total. The molecule has 0 bridgehead atoms. The van der Waals surface area contributed by atoms with Crippen molar-refractivity contribution in [3.05, 3.63) is 241 Å². The van der Waals surface area contributed by atoms with Crippen LogP contribution in [-0.4, -0.2) is 25.3 Å². The summed E-state index contributed by atoms with van der Waals surface area (Å²) in [6, 6.07) is 86.1. The summed E-state index contributed by atoms with van der Waals surface area (Å²) >= 11 is 0. The zero-order valence-corrected chi connectivity index (χ0v) is 48.8. The first-order chi connectivity index (χ1) is 40.6. The lowest BCUT2D eigenvalue weighted by atomic mass is 9.84. The van der Waals surface area contributed by atoms with Crippen LogP contribution in [0.4, 0.5) is 0 Å². The molecule has 0 fully saturated rings. The van der Waals surface area contributed by atoms with E-state index in [1.807, 2.05) is 6.07 Å². The average Bonchev–Trinajstić information content (AvgIpc) is 3.83. The van der Waals surface area contributed by atoms with Gasteiger partial charge in [0.05, 0.1) is 16.6 Å². The summed E-state index contributed by atoms with van der Waals surface area (Å²) in [6.45, 7) is 12.5. The summed E-state index contributed by atoms with van der Waals surface area (Å²) in [5, 5.41) is 14.2. The summed E-state index contributed by atoms with van der Waals surface area (Å²) in [4.78, 5) is 0. The molecule has 0 spiro atoms. The summed E-state index contributed by atoms with van der Waals surface area (Å²) in [6.07, 6.45) is 3.36. The molecular weight excluding hydrogens is 1040 g/mol. The minimum atomic E-state index is -1.97. The van der Waals surface area contributed by atoms with Crippen molar-refractivity contribution in [2.24, 2.45) is 0 Å². The molecule has 2 aliphatic heterocycles. The van der Waals surface area contributed by atoms with Crippen molar-refractivity contribution >= 4 is 125 Å². The second-order valence-corrected chi connectivity index (χ2v) is 33.3. The normalized spacial score (nSPS) is 15.5. The maximum atomic E-state index is 6.68. The van der Waals surface area contributed by atoms with Crippen LogP contribution in [0.1, 0.15) is 36.1 Å². The van der Waals surface area contributed by atoms with E-state index in [1.165, 1.54) is 115 Å². The smallest absolute Gasteiger partial charge is 0.185 e. The molecule has 1 unspecified atom stereocenters. The van der Waals surface area contributed by atoms with Crippen molar-refractivity contribution in [3.8, 4) is 55.9 Å². The van der Waals surface area contributed by atoms with Crippen LogP contribution in [-0.2, 0) is 0 Å². The molecule has 6 heterocycles. The first-order valence-electron chi connectivity index (χ1n) is 29.2. The van der Waals surface area contributed by atoms with E-state index in [0.717, 1.165) is 67.0 Å². The van der Waals surface area contributed by atoms with Crippen molar-refractivity contribution in [2.45, 2.75) is 45.5 Å². The highest BCUT2D eigenvalue weighted by Crippen LogP contribution is 2.48. The fourth-order valence-electron chi connectivity index (χ4n) is 15.4. The Hall–Kier alpha value is -9.65. The van der Waals surface area contributed by atoms with E-state index in [1.54, 1.807) is 0 Å². The molecule has 0 amide bonds.